The van der Waals surface area contributed by atoms with Crippen molar-refractivity contribution < 1.29 is 19.1 Å². The Labute approximate surface area is 106 Å². The Morgan fingerprint density at radius 1 is 1.33 bits per heavy atom. The van der Waals surface area contributed by atoms with Crippen molar-refractivity contribution in [3.05, 3.63) is 35.9 Å². The van der Waals surface area contributed by atoms with E-state index in [0.717, 1.165) is 5.56 Å². The molecule has 96 valence electrons. The van der Waals surface area contributed by atoms with Crippen molar-refractivity contribution in [2.75, 3.05) is 6.61 Å². The van der Waals surface area contributed by atoms with Crippen molar-refractivity contribution >= 4 is 11.9 Å². The number of rotatable bonds is 3. The molecule has 1 aromatic rings. The molecule has 0 N–H and O–H groups in total. The monoisotopic (exact) mass is 248 g/mol. The van der Waals surface area contributed by atoms with Crippen LogP contribution in [0.25, 0.3) is 0 Å². The van der Waals surface area contributed by atoms with Crippen LogP contribution < -0.4 is 0 Å². The van der Waals surface area contributed by atoms with E-state index in [1.807, 2.05) is 30.3 Å². The summed E-state index contributed by atoms with van der Waals surface area (Å²) in [5.41, 5.74) is 0.827. The van der Waals surface area contributed by atoms with E-state index in [4.69, 9.17) is 9.47 Å². The van der Waals surface area contributed by atoms with Gasteiger partial charge in [-0.1, -0.05) is 37.3 Å². The van der Waals surface area contributed by atoms with Crippen LogP contribution in [0, 0.1) is 11.8 Å². The number of cyclic esters (lactones) is 1. The minimum Gasteiger partial charge on any atom is -0.466 e. The number of esters is 2. The lowest BCUT2D eigenvalue weighted by Crippen LogP contribution is -2.26. The molecule has 0 aromatic heterocycles. The Hall–Kier alpha value is -1.84. The van der Waals surface area contributed by atoms with E-state index >= 15 is 0 Å². The average molecular weight is 248 g/mol. The first kappa shape index (κ1) is 12.6. The molecular formula is C14H16O4. The number of ether oxygens (including phenoxy) is 2. The predicted molar refractivity (Wildman–Crippen MR) is 64.6 cm³/mol. The van der Waals surface area contributed by atoms with Crippen molar-refractivity contribution in [2.24, 2.45) is 11.8 Å². The van der Waals surface area contributed by atoms with Gasteiger partial charge in [-0.3, -0.25) is 9.59 Å². The minimum atomic E-state index is -0.556. The molecule has 0 aliphatic carbocycles. The highest BCUT2D eigenvalue weighted by Crippen LogP contribution is 2.39. The van der Waals surface area contributed by atoms with E-state index in [1.165, 1.54) is 0 Å². The van der Waals surface area contributed by atoms with Crippen LogP contribution in [0.15, 0.2) is 30.3 Å². The zero-order valence-corrected chi connectivity index (χ0v) is 10.5. The molecule has 4 nitrogen and oxygen atoms in total. The van der Waals surface area contributed by atoms with Gasteiger partial charge < -0.3 is 9.47 Å². The van der Waals surface area contributed by atoms with Gasteiger partial charge in [0, 0.05) is 0 Å². The SMILES string of the molecule is CCOC(=O)[C@@H]1[C@H](C)C(=O)O[C@H]1c1ccccc1. The van der Waals surface area contributed by atoms with Gasteiger partial charge in [-0.2, -0.15) is 0 Å². The molecule has 1 heterocycles. The lowest BCUT2D eigenvalue weighted by molar-refractivity contribution is -0.151. The molecule has 1 fully saturated rings. The van der Waals surface area contributed by atoms with Crippen LogP contribution in [0.3, 0.4) is 0 Å². The van der Waals surface area contributed by atoms with Crippen molar-refractivity contribution in [1.29, 1.82) is 0 Å². The molecule has 3 atom stereocenters. The molecule has 4 heteroatoms. The van der Waals surface area contributed by atoms with Gasteiger partial charge in [0.1, 0.15) is 12.0 Å². The van der Waals surface area contributed by atoms with Crippen molar-refractivity contribution in [3.8, 4) is 0 Å². The first-order valence-corrected chi connectivity index (χ1v) is 6.07. The van der Waals surface area contributed by atoms with Gasteiger partial charge in [-0.15, -0.1) is 0 Å². The number of carbonyl (C=O) groups excluding carboxylic acids is 2. The quantitative estimate of drug-likeness (QED) is 0.769. The molecule has 1 aliphatic rings. The summed E-state index contributed by atoms with van der Waals surface area (Å²) in [4.78, 5) is 23.6. The van der Waals surface area contributed by atoms with E-state index in [9.17, 15) is 9.59 Å². The summed E-state index contributed by atoms with van der Waals surface area (Å²) < 4.78 is 10.3. The molecule has 1 aromatic carbocycles. The van der Waals surface area contributed by atoms with Gasteiger partial charge in [-0.05, 0) is 12.5 Å². The Bertz CT molecular complexity index is 440. The predicted octanol–water partition coefficient (Wildman–Crippen LogP) is 2.10. The summed E-state index contributed by atoms with van der Waals surface area (Å²) in [5.74, 6) is -1.74. The topological polar surface area (TPSA) is 52.6 Å². The molecule has 0 saturated carbocycles. The molecule has 2 rings (SSSR count). The molecule has 0 radical (unpaired) electrons. The smallest absolute Gasteiger partial charge is 0.313 e. The van der Waals surface area contributed by atoms with E-state index in [1.54, 1.807) is 13.8 Å². The van der Waals surface area contributed by atoms with E-state index in [0.29, 0.717) is 6.61 Å². The normalized spacial score (nSPS) is 26.8. The fourth-order valence-corrected chi connectivity index (χ4v) is 2.20. The number of hydrogen-bond acceptors (Lipinski definition) is 4. The lowest BCUT2D eigenvalue weighted by Gasteiger charge is -2.18. The molecule has 1 saturated heterocycles. The van der Waals surface area contributed by atoms with Crippen LogP contribution >= 0.6 is 0 Å². The van der Waals surface area contributed by atoms with E-state index < -0.39 is 17.9 Å². The molecule has 0 amide bonds. The Morgan fingerprint density at radius 3 is 2.61 bits per heavy atom. The second-order valence-electron chi connectivity index (χ2n) is 4.33. The highest BCUT2D eigenvalue weighted by Gasteiger charge is 2.47. The average Bonchev–Trinajstić information content (AvgIpc) is 2.67. The van der Waals surface area contributed by atoms with Crippen LogP contribution in [-0.2, 0) is 19.1 Å². The maximum atomic E-state index is 11.9. The maximum absolute atomic E-state index is 11.9. The van der Waals surface area contributed by atoms with Crippen LogP contribution in [0.2, 0.25) is 0 Å². The molecule has 0 unspecified atom stereocenters. The van der Waals surface area contributed by atoms with E-state index in [2.05, 4.69) is 0 Å². The summed E-state index contributed by atoms with van der Waals surface area (Å²) in [6, 6.07) is 9.29. The molecule has 0 spiro atoms. The van der Waals surface area contributed by atoms with Crippen molar-refractivity contribution in [1.82, 2.24) is 0 Å². The van der Waals surface area contributed by atoms with Gasteiger partial charge in [0.25, 0.3) is 0 Å². The van der Waals surface area contributed by atoms with Crippen LogP contribution in [0.1, 0.15) is 25.5 Å². The Kier molecular flexibility index (Phi) is 3.65. The lowest BCUT2D eigenvalue weighted by atomic mass is 9.88. The summed E-state index contributed by atoms with van der Waals surface area (Å²) in [6.45, 7) is 3.75. The Balaban J connectivity index is 2.28. The summed E-state index contributed by atoms with van der Waals surface area (Å²) in [6.07, 6.45) is -0.534. The largest absolute Gasteiger partial charge is 0.466 e. The standard InChI is InChI=1S/C14H16O4/c1-3-17-14(16)11-9(2)13(15)18-12(11)10-7-5-4-6-8-10/h4-9,11-12H,3H2,1-2H3/t9-,11+,12-/m0/s1. The van der Waals surface area contributed by atoms with E-state index in [-0.39, 0.29) is 11.9 Å². The zero-order valence-electron chi connectivity index (χ0n) is 10.5. The summed E-state index contributed by atoms with van der Waals surface area (Å²) >= 11 is 0. The summed E-state index contributed by atoms with van der Waals surface area (Å²) in [5, 5.41) is 0. The first-order chi connectivity index (χ1) is 8.65. The van der Waals surface area contributed by atoms with Gasteiger partial charge >= 0.3 is 11.9 Å². The molecule has 0 bridgehead atoms. The van der Waals surface area contributed by atoms with Crippen molar-refractivity contribution in [3.63, 3.8) is 0 Å². The summed E-state index contributed by atoms with van der Waals surface area (Å²) in [7, 11) is 0. The van der Waals surface area contributed by atoms with Gasteiger partial charge in [0.2, 0.25) is 0 Å². The third-order valence-corrected chi connectivity index (χ3v) is 3.17. The fourth-order valence-electron chi connectivity index (χ4n) is 2.20. The molecule has 1 aliphatic heterocycles. The van der Waals surface area contributed by atoms with Gasteiger partial charge in [0.15, 0.2) is 0 Å². The first-order valence-electron chi connectivity index (χ1n) is 6.07. The second-order valence-corrected chi connectivity index (χ2v) is 4.33. The van der Waals surface area contributed by atoms with Crippen LogP contribution in [0.4, 0.5) is 0 Å². The van der Waals surface area contributed by atoms with Crippen molar-refractivity contribution in [2.45, 2.75) is 20.0 Å². The van der Waals surface area contributed by atoms with Crippen LogP contribution in [0.5, 0.6) is 0 Å². The zero-order chi connectivity index (χ0) is 13.1. The second kappa shape index (κ2) is 5.21. The molecule has 18 heavy (non-hydrogen) atoms. The van der Waals surface area contributed by atoms with Gasteiger partial charge in [0.05, 0.1) is 12.5 Å². The number of carbonyl (C=O) groups is 2. The Morgan fingerprint density at radius 2 is 2.00 bits per heavy atom. The highest BCUT2D eigenvalue weighted by atomic mass is 16.6. The minimum absolute atomic E-state index is 0.303. The molecular weight excluding hydrogens is 232 g/mol. The van der Waals surface area contributed by atoms with Gasteiger partial charge in [-0.25, -0.2) is 0 Å². The maximum Gasteiger partial charge on any atom is 0.313 e. The fraction of sp³-hybridized carbons (Fsp3) is 0.429. The number of benzene rings is 1. The number of hydrogen-bond donors (Lipinski definition) is 0. The highest BCUT2D eigenvalue weighted by molar-refractivity contribution is 5.85. The third kappa shape index (κ3) is 2.23. The third-order valence-electron chi connectivity index (χ3n) is 3.17. The van der Waals surface area contributed by atoms with Crippen LogP contribution in [-0.4, -0.2) is 18.5 Å².